The Kier molecular flexibility index (Phi) is 3.42. The van der Waals surface area contributed by atoms with Crippen molar-refractivity contribution < 1.29 is 14.6 Å². The van der Waals surface area contributed by atoms with E-state index in [2.05, 4.69) is 4.74 Å². The molecule has 0 fully saturated rings. The molecule has 0 saturated carbocycles. The summed E-state index contributed by atoms with van der Waals surface area (Å²) in [6.45, 7) is 0. The normalized spacial score (nSPS) is 12.3. The summed E-state index contributed by atoms with van der Waals surface area (Å²) in [5, 5.41) is 7.30. The third-order valence-corrected chi connectivity index (χ3v) is 1.31. The molecule has 5 heteroatoms. The zero-order valence-electron chi connectivity index (χ0n) is 4.52. The van der Waals surface area contributed by atoms with Crippen LogP contribution in [0.5, 0.6) is 0 Å². The van der Waals surface area contributed by atoms with Gasteiger partial charge in [0.25, 0.3) is 0 Å². The molecule has 0 aliphatic carbocycles. The molecule has 0 aliphatic heterocycles. The van der Waals surface area contributed by atoms with Crippen molar-refractivity contribution >= 4 is 29.2 Å². The Morgan fingerprint density at radius 2 is 2.00 bits per heavy atom. The van der Waals surface area contributed by atoms with E-state index in [1.807, 2.05) is 0 Å². The van der Waals surface area contributed by atoms with Crippen LogP contribution in [0, 0.1) is 0 Å². The molecule has 0 aromatic carbocycles. The van der Waals surface area contributed by atoms with Crippen molar-refractivity contribution in [2.45, 2.75) is 0 Å². The molecule has 0 radical (unpaired) electrons. The lowest BCUT2D eigenvalue weighted by Crippen LogP contribution is -1.96. The molecule has 0 bridgehead atoms. The van der Waals surface area contributed by atoms with Gasteiger partial charge in [0.2, 0.25) is 5.22 Å². The molecule has 3 nitrogen and oxygen atoms in total. The van der Waals surface area contributed by atoms with Crippen LogP contribution >= 0.6 is 23.2 Å². The topological polar surface area (TPSA) is 46.5 Å². The van der Waals surface area contributed by atoms with Crippen molar-refractivity contribution in [1.29, 1.82) is 0 Å². The Labute approximate surface area is 61.8 Å². The minimum Gasteiger partial charge on any atom is -0.485 e. The Bertz CT molecular complexity index is 152. The number of ether oxygens (including phenoxy) is 1. The molecule has 0 aromatic heterocycles. The van der Waals surface area contributed by atoms with E-state index < -0.39 is 11.0 Å². The highest BCUT2D eigenvalue weighted by Gasteiger charge is 2.09. The Hall–Kier alpha value is -0.410. The molecule has 0 saturated heterocycles. The number of halogens is 2. The van der Waals surface area contributed by atoms with E-state index in [9.17, 15) is 4.79 Å². The van der Waals surface area contributed by atoms with Crippen LogP contribution in [0.4, 0.5) is 0 Å². The molecule has 0 aromatic rings. The number of methoxy groups -OCH3 is 1. The fourth-order valence-electron chi connectivity index (χ4n) is 0.174. The fourth-order valence-corrected chi connectivity index (χ4v) is 0.332. The van der Waals surface area contributed by atoms with Gasteiger partial charge in [-0.1, -0.05) is 11.6 Å². The molecule has 0 aliphatic rings. The second kappa shape index (κ2) is 3.58. The van der Waals surface area contributed by atoms with Crippen molar-refractivity contribution in [2.75, 3.05) is 7.11 Å². The summed E-state index contributed by atoms with van der Waals surface area (Å²) in [6, 6.07) is 0. The Balaban J connectivity index is 4.28. The standard InChI is InChI=1S/C4H4Cl2O3/c1-9-3(6)2(5)4(7)8/h1H3,(H,7,8)/b3-2-. The largest absolute Gasteiger partial charge is 0.485 e. The predicted molar refractivity (Wildman–Crippen MR) is 33.4 cm³/mol. The number of carbonyl (C=O) groups is 1. The molecule has 1 N–H and O–H groups in total. The Morgan fingerprint density at radius 3 is 2.11 bits per heavy atom. The van der Waals surface area contributed by atoms with Crippen LogP contribution in [-0.4, -0.2) is 18.2 Å². The molecule has 0 heterocycles. The van der Waals surface area contributed by atoms with Gasteiger partial charge >= 0.3 is 5.97 Å². The average Bonchev–Trinajstić information content (AvgIpc) is 1.84. The predicted octanol–water partition coefficient (Wildman–Crippen LogP) is 1.36. The minimum atomic E-state index is -1.30. The highest BCUT2D eigenvalue weighted by atomic mass is 35.5. The third-order valence-electron chi connectivity index (χ3n) is 0.540. The van der Waals surface area contributed by atoms with Crippen molar-refractivity contribution in [3.05, 3.63) is 10.3 Å². The van der Waals surface area contributed by atoms with Crippen molar-refractivity contribution in [2.24, 2.45) is 0 Å². The quantitative estimate of drug-likeness (QED) is 0.504. The molecule has 52 valence electrons. The van der Waals surface area contributed by atoms with Crippen molar-refractivity contribution in [3.8, 4) is 0 Å². The van der Waals surface area contributed by atoms with E-state index in [-0.39, 0.29) is 5.22 Å². The lowest BCUT2D eigenvalue weighted by molar-refractivity contribution is -0.132. The minimum absolute atomic E-state index is 0.316. The van der Waals surface area contributed by atoms with E-state index in [0.29, 0.717) is 0 Å². The smallest absolute Gasteiger partial charge is 0.352 e. The molecular weight excluding hydrogens is 167 g/mol. The van der Waals surface area contributed by atoms with Gasteiger partial charge in [-0.25, -0.2) is 4.79 Å². The van der Waals surface area contributed by atoms with E-state index in [1.165, 1.54) is 7.11 Å². The van der Waals surface area contributed by atoms with Crippen LogP contribution in [0.15, 0.2) is 10.3 Å². The molecule has 0 spiro atoms. The Morgan fingerprint density at radius 1 is 1.56 bits per heavy atom. The third kappa shape index (κ3) is 2.58. The first kappa shape index (κ1) is 8.59. The number of hydrogen-bond donors (Lipinski definition) is 1. The van der Waals surface area contributed by atoms with Crippen molar-refractivity contribution in [1.82, 2.24) is 0 Å². The summed E-state index contributed by atoms with van der Waals surface area (Å²) in [4.78, 5) is 9.95. The van der Waals surface area contributed by atoms with Crippen LogP contribution < -0.4 is 0 Å². The fraction of sp³-hybridized carbons (Fsp3) is 0.250. The lowest BCUT2D eigenvalue weighted by atomic mass is 10.6. The van der Waals surface area contributed by atoms with Gasteiger partial charge in [0.05, 0.1) is 7.11 Å². The van der Waals surface area contributed by atoms with Gasteiger partial charge in [0.1, 0.15) is 0 Å². The van der Waals surface area contributed by atoms with Gasteiger partial charge in [-0.2, -0.15) is 0 Å². The number of rotatable bonds is 2. The van der Waals surface area contributed by atoms with Crippen LogP contribution in [0.1, 0.15) is 0 Å². The molecule has 0 rings (SSSR count). The molecular formula is C4H4Cl2O3. The maximum Gasteiger partial charge on any atom is 0.352 e. The monoisotopic (exact) mass is 170 g/mol. The summed E-state index contributed by atoms with van der Waals surface area (Å²) in [6.07, 6.45) is 0. The maximum absolute atomic E-state index is 9.95. The van der Waals surface area contributed by atoms with Gasteiger partial charge in [-0.3, -0.25) is 0 Å². The molecule has 9 heavy (non-hydrogen) atoms. The average molecular weight is 171 g/mol. The molecule has 0 amide bonds. The van der Waals surface area contributed by atoms with Crippen LogP contribution in [0.3, 0.4) is 0 Å². The molecule has 0 unspecified atom stereocenters. The summed E-state index contributed by atoms with van der Waals surface area (Å²) in [5.74, 6) is -1.30. The maximum atomic E-state index is 9.95. The summed E-state index contributed by atoms with van der Waals surface area (Å²) in [7, 11) is 1.23. The van der Waals surface area contributed by atoms with Gasteiger partial charge < -0.3 is 9.84 Å². The number of aliphatic carboxylic acids is 1. The number of hydrogen-bond acceptors (Lipinski definition) is 2. The zero-order chi connectivity index (χ0) is 7.44. The van der Waals surface area contributed by atoms with Crippen LogP contribution in [0.25, 0.3) is 0 Å². The first-order valence-corrected chi connectivity index (χ1v) is 2.67. The van der Waals surface area contributed by atoms with Gasteiger partial charge in [-0.15, -0.1) is 0 Å². The van der Waals surface area contributed by atoms with E-state index in [4.69, 9.17) is 28.3 Å². The van der Waals surface area contributed by atoms with E-state index in [0.717, 1.165) is 0 Å². The first-order valence-electron chi connectivity index (χ1n) is 1.92. The molecule has 0 atom stereocenters. The summed E-state index contributed by atoms with van der Waals surface area (Å²) >= 11 is 10.2. The number of carboxylic acids is 1. The SMILES string of the molecule is CO/C(Cl)=C(\Cl)C(=O)O. The van der Waals surface area contributed by atoms with Crippen LogP contribution in [-0.2, 0) is 9.53 Å². The summed E-state index contributed by atoms with van der Waals surface area (Å²) < 4.78 is 4.31. The summed E-state index contributed by atoms with van der Waals surface area (Å²) in [5.41, 5.74) is 0. The van der Waals surface area contributed by atoms with Gasteiger partial charge in [0.15, 0.2) is 5.03 Å². The van der Waals surface area contributed by atoms with Crippen LogP contribution in [0.2, 0.25) is 0 Å². The highest BCUT2D eigenvalue weighted by Crippen LogP contribution is 2.13. The van der Waals surface area contributed by atoms with Gasteiger partial charge in [0, 0.05) is 0 Å². The van der Waals surface area contributed by atoms with Crippen molar-refractivity contribution in [3.63, 3.8) is 0 Å². The second-order valence-corrected chi connectivity index (χ2v) is 1.82. The lowest BCUT2D eigenvalue weighted by Gasteiger charge is -1.94. The number of carboxylic acid groups (broad SMARTS) is 1. The van der Waals surface area contributed by atoms with E-state index >= 15 is 0 Å². The zero-order valence-corrected chi connectivity index (χ0v) is 6.03. The van der Waals surface area contributed by atoms with E-state index in [1.54, 1.807) is 0 Å². The first-order chi connectivity index (χ1) is 4.09. The highest BCUT2D eigenvalue weighted by molar-refractivity contribution is 6.46. The second-order valence-electron chi connectivity index (χ2n) is 1.10. The van der Waals surface area contributed by atoms with Gasteiger partial charge in [-0.05, 0) is 11.6 Å².